The lowest BCUT2D eigenvalue weighted by Crippen LogP contribution is -2.39. The van der Waals surface area contributed by atoms with Crippen molar-refractivity contribution >= 4 is 11.9 Å². The van der Waals surface area contributed by atoms with E-state index in [0.29, 0.717) is 0 Å². The third-order valence-corrected chi connectivity index (χ3v) is 2.08. The first-order valence-electron chi connectivity index (χ1n) is 4.79. The second-order valence-corrected chi connectivity index (χ2v) is 3.34. The molecule has 0 saturated heterocycles. The molecule has 0 saturated carbocycles. The van der Waals surface area contributed by atoms with E-state index in [4.69, 9.17) is 0 Å². The summed E-state index contributed by atoms with van der Waals surface area (Å²) in [6.45, 7) is 1.38. The van der Waals surface area contributed by atoms with E-state index in [9.17, 15) is 18.4 Å². The average molecular weight is 243 g/mol. The summed E-state index contributed by atoms with van der Waals surface area (Å²) in [7, 11) is 1.16. The van der Waals surface area contributed by atoms with Crippen molar-refractivity contribution in [1.29, 1.82) is 0 Å². The Bertz CT molecular complexity index is 448. The van der Waals surface area contributed by atoms with Crippen LogP contribution in [0.1, 0.15) is 17.3 Å². The van der Waals surface area contributed by atoms with E-state index < -0.39 is 35.1 Å². The van der Waals surface area contributed by atoms with Crippen LogP contribution in [0.3, 0.4) is 0 Å². The normalized spacial score (nSPS) is 11.8. The van der Waals surface area contributed by atoms with Gasteiger partial charge in [0.25, 0.3) is 5.91 Å². The van der Waals surface area contributed by atoms with Crippen molar-refractivity contribution in [2.45, 2.75) is 13.0 Å². The summed E-state index contributed by atoms with van der Waals surface area (Å²) in [5.74, 6) is -3.14. The lowest BCUT2D eigenvalue weighted by molar-refractivity contribution is -0.142. The number of nitrogens with one attached hydrogen (secondary N) is 1. The largest absolute Gasteiger partial charge is 0.467 e. The minimum atomic E-state index is -0.935. The van der Waals surface area contributed by atoms with Crippen molar-refractivity contribution in [3.8, 4) is 0 Å². The van der Waals surface area contributed by atoms with Crippen LogP contribution in [0.25, 0.3) is 0 Å². The molecule has 0 fully saturated rings. The summed E-state index contributed by atoms with van der Waals surface area (Å²) in [4.78, 5) is 22.5. The summed E-state index contributed by atoms with van der Waals surface area (Å²) in [6, 6.07) is 1.56. The van der Waals surface area contributed by atoms with Crippen LogP contribution in [0, 0.1) is 11.6 Å². The van der Waals surface area contributed by atoms with Crippen LogP contribution in [0.15, 0.2) is 18.2 Å². The lowest BCUT2D eigenvalue weighted by Gasteiger charge is -2.11. The molecular formula is C11H11F2NO3. The lowest BCUT2D eigenvalue weighted by atomic mass is 10.2. The van der Waals surface area contributed by atoms with E-state index in [1.165, 1.54) is 6.92 Å². The van der Waals surface area contributed by atoms with Crippen molar-refractivity contribution in [1.82, 2.24) is 5.32 Å². The number of halogens is 2. The van der Waals surface area contributed by atoms with Gasteiger partial charge in [0.1, 0.15) is 17.7 Å². The van der Waals surface area contributed by atoms with Gasteiger partial charge in [0.2, 0.25) is 0 Å². The summed E-state index contributed by atoms with van der Waals surface area (Å²) in [5.41, 5.74) is -0.458. The SMILES string of the molecule is COC(=O)C(C)NC(=O)c1cc(F)ccc1F. The average Bonchev–Trinajstić information content (AvgIpc) is 2.30. The van der Waals surface area contributed by atoms with Gasteiger partial charge in [-0.05, 0) is 25.1 Å². The molecule has 1 unspecified atom stereocenters. The van der Waals surface area contributed by atoms with Crippen LogP contribution in [0.5, 0.6) is 0 Å². The number of methoxy groups -OCH3 is 1. The predicted molar refractivity (Wildman–Crippen MR) is 55.3 cm³/mol. The molecule has 4 nitrogen and oxygen atoms in total. The molecule has 0 bridgehead atoms. The highest BCUT2D eigenvalue weighted by molar-refractivity contribution is 5.96. The quantitative estimate of drug-likeness (QED) is 0.813. The fraction of sp³-hybridized carbons (Fsp3) is 0.273. The number of hydrogen-bond donors (Lipinski definition) is 1. The highest BCUT2D eigenvalue weighted by Crippen LogP contribution is 2.09. The molecule has 1 atom stereocenters. The van der Waals surface area contributed by atoms with E-state index in [1.54, 1.807) is 0 Å². The molecule has 1 N–H and O–H groups in total. The fourth-order valence-corrected chi connectivity index (χ4v) is 1.18. The van der Waals surface area contributed by atoms with E-state index in [0.717, 1.165) is 25.3 Å². The maximum absolute atomic E-state index is 13.2. The Morgan fingerprint density at radius 1 is 1.35 bits per heavy atom. The Kier molecular flexibility index (Phi) is 4.14. The molecule has 1 rings (SSSR count). The van der Waals surface area contributed by atoms with Gasteiger partial charge in [0.05, 0.1) is 12.7 Å². The number of esters is 1. The van der Waals surface area contributed by atoms with Gasteiger partial charge in [-0.2, -0.15) is 0 Å². The second kappa shape index (κ2) is 5.38. The van der Waals surface area contributed by atoms with Gasteiger partial charge >= 0.3 is 5.97 Å². The van der Waals surface area contributed by atoms with Gasteiger partial charge in [0, 0.05) is 0 Å². The van der Waals surface area contributed by atoms with Crippen LogP contribution in [-0.2, 0) is 9.53 Å². The monoisotopic (exact) mass is 243 g/mol. The first kappa shape index (κ1) is 13.1. The number of carbonyl (C=O) groups excluding carboxylic acids is 2. The Hall–Kier alpha value is -1.98. The molecule has 1 amide bonds. The maximum atomic E-state index is 13.2. The topological polar surface area (TPSA) is 55.4 Å². The molecule has 0 heterocycles. The predicted octanol–water partition coefficient (Wildman–Crippen LogP) is 1.26. The summed E-state index contributed by atoms with van der Waals surface area (Å²) >= 11 is 0. The summed E-state index contributed by atoms with van der Waals surface area (Å²) in [5, 5.41) is 2.19. The zero-order valence-corrected chi connectivity index (χ0v) is 9.29. The van der Waals surface area contributed by atoms with Crippen molar-refractivity contribution in [2.24, 2.45) is 0 Å². The second-order valence-electron chi connectivity index (χ2n) is 3.34. The number of amides is 1. The molecule has 0 aliphatic rings. The zero-order chi connectivity index (χ0) is 13.0. The zero-order valence-electron chi connectivity index (χ0n) is 9.29. The van der Waals surface area contributed by atoms with Crippen LogP contribution in [-0.4, -0.2) is 25.0 Å². The highest BCUT2D eigenvalue weighted by atomic mass is 19.1. The molecule has 1 aromatic rings. The van der Waals surface area contributed by atoms with Crippen LogP contribution in [0.2, 0.25) is 0 Å². The molecule has 17 heavy (non-hydrogen) atoms. The van der Waals surface area contributed by atoms with E-state index in [-0.39, 0.29) is 0 Å². The molecule has 1 aromatic carbocycles. The van der Waals surface area contributed by atoms with Gasteiger partial charge in [-0.15, -0.1) is 0 Å². The van der Waals surface area contributed by atoms with Crippen molar-refractivity contribution in [3.63, 3.8) is 0 Å². The third-order valence-electron chi connectivity index (χ3n) is 2.08. The van der Waals surface area contributed by atoms with Crippen molar-refractivity contribution < 1.29 is 23.1 Å². The fourth-order valence-electron chi connectivity index (χ4n) is 1.18. The number of benzene rings is 1. The highest BCUT2D eigenvalue weighted by Gasteiger charge is 2.19. The number of carbonyl (C=O) groups is 2. The molecular weight excluding hydrogens is 232 g/mol. The van der Waals surface area contributed by atoms with E-state index in [1.807, 2.05) is 0 Å². The Morgan fingerprint density at radius 2 is 2.00 bits per heavy atom. The van der Waals surface area contributed by atoms with Crippen molar-refractivity contribution in [2.75, 3.05) is 7.11 Å². The van der Waals surface area contributed by atoms with Gasteiger partial charge < -0.3 is 10.1 Å². The summed E-state index contributed by atoms with van der Waals surface area (Å²) < 4.78 is 30.4. The van der Waals surface area contributed by atoms with E-state index in [2.05, 4.69) is 10.1 Å². The Morgan fingerprint density at radius 3 is 2.59 bits per heavy atom. The van der Waals surface area contributed by atoms with Gasteiger partial charge in [-0.25, -0.2) is 13.6 Å². The van der Waals surface area contributed by atoms with E-state index >= 15 is 0 Å². The van der Waals surface area contributed by atoms with Gasteiger partial charge in [-0.1, -0.05) is 0 Å². The van der Waals surface area contributed by atoms with Crippen LogP contribution >= 0.6 is 0 Å². The number of ether oxygens (including phenoxy) is 1. The van der Waals surface area contributed by atoms with Crippen molar-refractivity contribution in [3.05, 3.63) is 35.4 Å². The summed E-state index contributed by atoms with van der Waals surface area (Å²) in [6.07, 6.45) is 0. The molecule has 6 heteroatoms. The number of rotatable bonds is 3. The molecule has 92 valence electrons. The minimum absolute atomic E-state index is 0.458. The Balaban J connectivity index is 2.83. The standard InChI is InChI=1S/C11H11F2NO3/c1-6(11(16)17-2)14-10(15)8-5-7(12)3-4-9(8)13/h3-6H,1-2H3,(H,14,15). The molecule has 0 aromatic heterocycles. The van der Waals surface area contributed by atoms with Gasteiger partial charge in [0.15, 0.2) is 0 Å². The van der Waals surface area contributed by atoms with Gasteiger partial charge in [-0.3, -0.25) is 4.79 Å². The minimum Gasteiger partial charge on any atom is -0.467 e. The maximum Gasteiger partial charge on any atom is 0.328 e. The van der Waals surface area contributed by atoms with Crippen LogP contribution < -0.4 is 5.32 Å². The molecule has 0 radical (unpaired) electrons. The first-order chi connectivity index (χ1) is 7.95. The Labute approximate surface area is 96.6 Å². The molecule has 0 aliphatic carbocycles. The first-order valence-corrected chi connectivity index (χ1v) is 4.79. The smallest absolute Gasteiger partial charge is 0.328 e. The van der Waals surface area contributed by atoms with Crippen LogP contribution in [0.4, 0.5) is 8.78 Å². The molecule has 0 aliphatic heterocycles. The molecule has 0 spiro atoms. The third kappa shape index (κ3) is 3.24. The number of hydrogen-bond acceptors (Lipinski definition) is 3.